The second-order valence-electron chi connectivity index (χ2n) is 4.34. The summed E-state index contributed by atoms with van der Waals surface area (Å²) in [6, 6.07) is 12.4. The third-order valence-electron chi connectivity index (χ3n) is 3.27. The van der Waals surface area contributed by atoms with Crippen molar-refractivity contribution in [1.82, 2.24) is 4.98 Å². The number of benzene rings is 1. The zero-order valence-electron chi connectivity index (χ0n) is 10.7. The highest BCUT2D eigenvalue weighted by Crippen LogP contribution is 2.33. The molecule has 0 aliphatic heterocycles. The lowest BCUT2D eigenvalue weighted by molar-refractivity contribution is 0.589. The second-order valence-corrected chi connectivity index (χ2v) is 5.19. The first kappa shape index (κ1) is 13.1. The number of hydrogen-bond donors (Lipinski definition) is 1. The monoisotopic (exact) mass is 258 g/mol. The van der Waals surface area contributed by atoms with E-state index < -0.39 is 0 Å². The number of hydrogen-bond acceptors (Lipinski definition) is 3. The van der Waals surface area contributed by atoms with Crippen molar-refractivity contribution in [1.29, 1.82) is 0 Å². The standard InChI is InChI=1S/C15H18N2S/c1-11(12-7-9-17-10-8-12)15(16)13-5-3-4-6-14(13)18-2/h3-11,15H,16H2,1-2H3. The Morgan fingerprint density at radius 3 is 2.44 bits per heavy atom. The second kappa shape index (κ2) is 6.03. The molecule has 94 valence electrons. The Kier molecular flexibility index (Phi) is 4.39. The summed E-state index contributed by atoms with van der Waals surface area (Å²) in [5, 5.41) is 0. The van der Waals surface area contributed by atoms with Crippen LogP contribution in [0.2, 0.25) is 0 Å². The van der Waals surface area contributed by atoms with Crippen LogP contribution in [0.15, 0.2) is 53.7 Å². The van der Waals surface area contributed by atoms with Crippen LogP contribution >= 0.6 is 11.8 Å². The molecule has 0 saturated heterocycles. The fourth-order valence-corrected chi connectivity index (χ4v) is 2.74. The zero-order chi connectivity index (χ0) is 13.0. The van der Waals surface area contributed by atoms with Crippen molar-refractivity contribution < 1.29 is 0 Å². The zero-order valence-corrected chi connectivity index (χ0v) is 11.5. The fourth-order valence-electron chi connectivity index (χ4n) is 2.09. The van der Waals surface area contributed by atoms with Crippen LogP contribution in [0.5, 0.6) is 0 Å². The molecule has 18 heavy (non-hydrogen) atoms. The molecule has 2 aromatic rings. The normalized spacial score (nSPS) is 14.2. The Hall–Kier alpha value is -1.32. The topological polar surface area (TPSA) is 38.9 Å². The van der Waals surface area contributed by atoms with Gasteiger partial charge in [-0.05, 0) is 35.6 Å². The van der Waals surface area contributed by atoms with Gasteiger partial charge in [0, 0.05) is 29.2 Å². The molecule has 0 saturated carbocycles. The van der Waals surface area contributed by atoms with E-state index in [4.69, 9.17) is 5.73 Å². The molecule has 2 N–H and O–H groups in total. The van der Waals surface area contributed by atoms with Crippen molar-refractivity contribution in [2.24, 2.45) is 5.73 Å². The molecule has 2 rings (SSSR count). The molecule has 0 bridgehead atoms. The third-order valence-corrected chi connectivity index (χ3v) is 4.08. The summed E-state index contributed by atoms with van der Waals surface area (Å²) in [7, 11) is 0. The van der Waals surface area contributed by atoms with Crippen LogP contribution in [0.1, 0.15) is 30.0 Å². The first-order chi connectivity index (χ1) is 8.74. The van der Waals surface area contributed by atoms with Gasteiger partial charge in [-0.1, -0.05) is 25.1 Å². The molecule has 0 aliphatic carbocycles. The van der Waals surface area contributed by atoms with Gasteiger partial charge in [-0.2, -0.15) is 0 Å². The number of aromatic nitrogens is 1. The average molecular weight is 258 g/mol. The van der Waals surface area contributed by atoms with E-state index in [0.717, 1.165) is 0 Å². The molecule has 0 radical (unpaired) electrons. The van der Waals surface area contributed by atoms with Gasteiger partial charge in [0.15, 0.2) is 0 Å². The Bertz CT molecular complexity index is 499. The Morgan fingerprint density at radius 2 is 1.78 bits per heavy atom. The van der Waals surface area contributed by atoms with Crippen molar-refractivity contribution in [2.75, 3.05) is 6.26 Å². The molecule has 0 amide bonds. The van der Waals surface area contributed by atoms with E-state index in [1.54, 1.807) is 11.8 Å². The molecule has 2 nitrogen and oxygen atoms in total. The number of thioether (sulfide) groups is 1. The minimum Gasteiger partial charge on any atom is -0.323 e. The predicted molar refractivity (Wildman–Crippen MR) is 77.8 cm³/mol. The van der Waals surface area contributed by atoms with Crippen LogP contribution < -0.4 is 5.73 Å². The first-order valence-electron chi connectivity index (χ1n) is 6.02. The summed E-state index contributed by atoms with van der Waals surface area (Å²) in [5.74, 6) is 0.279. The summed E-state index contributed by atoms with van der Waals surface area (Å²) in [6.45, 7) is 2.16. The molecule has 3 heteroatoms. The molecular formula is C15H18N2S. The Morgan fingerprint density at radius 1 is 1.11 bits per heavy atom. The van der Waals surface area contributed by atoms with E-state index in [9.17, 15) is 0 Å². The van der Waals surface area contributed by atoms with Gasteiger partial charge < -0.3 is 5.73 Å². The van der Waals surface area contributed by atoms with Gasteiger partial charge in [0.2, 0.25) is 0 Å². The van der Waals surface area contributed by atoms with Crippen LogP contribution in [0.4, 0.5) is 0 Å². The minimum atomic E-state index is 0.0102. The summed E-state index contributed by atoms with van der Waals surface area (Å²) in [6.07, 6.45) is 5.72. The average Bonchev–Trinajstić information content (AvgIpc) is 2.46. The van der Waals surface area contributed by atoms with Gasteiger partial charge >= 0.3 is 0 Å². The lowest BCUT2D eigenvalue weighted by Gasteiger charge is -2.22. The van der Waals surface area contributed by atoms with Crippen LogP contribution in [-0.2, 0) is 0 Å². The number of pyridine rings is 1. The van der Waals surface area contributed by atoms with E-state index >= 15 is 0 Å². The number of nitrogens with zero attached hydrogens (tertiary/aromatic N) is 1. The van der Waals surface area contributed by atoms with Crippen molar-refractivity contribution in [3.63, 3.8) is 0 Å². The maximum atomic E-state index is 6.41. The molecule has 2 atom stereocenters. The quantitative estimate of drug-likeness (QED) is 0.851. The molecule has 2 unspecified atom stereocenters. The van der Waals surface area contributed by atoms with E-state index in [1.807, 2.05) is 30.6 Å². The Balaban J connectivity index is 2.28. The van der Waals surface area contributed by atoms with Gasteiger partial charge in [-0.25, -0.2) is 0 Å². The molecule has 1 aromatic heterocycles. The van der Waals surface area contributed by atoms with Crippen LogP contribution in [0, 0.1) is 0 Å². The third kappa shape index (κ3) is 2.74. The van der Waals surface area contributed by atoms with Crippen molar-refractivity contribution in [2.45, 2.75) is 23.8 Å². The number of rotatable bonds is 4. The molecule has 1 heterocycles. The number of nitrogens with two attached hydrogens (primary N) is 1. The van der Waals surface area contributed by atoms with Gasteiger partial charge in [0.25, 0.3) is 0 Å². The largest absolute Gasteiger partial charge is 0.323 e. The maximum absolute atomic E-state index is 6.41. The van der Waals surface area contributed by atoms with E-state index in [2.05, 4.69) is 36.4 Å². The molecule has 0 fully saturated rings. The minimum absolute atomic E-state index is 0.0102. The lowest BCUT2D eigenvalue weighted by Crippen LogP contribution is -2.18. The van der Waals surface area contributed by atoms with Gasteiger partial charge in [-0.3, -0.25) is 4.98 Å². The van der Waals surface area contributed by atoms with Crippen LogP contribution in [0.3, 0.4) is 0 Å². The SMILES string of the molecule is CSc1ccccc1C(N)C(C)c1ccncc1. The predicted octanol–water partition coefficient (Wildman–Crippen LogP) is 3.61. The van der Waals surface area contributed by atoms with Crippen LogP contribution in [0.25, 0.3) is 0 Å². The summed E-state index contributed by atoms with van der Waals surface area (Å²) in [5.41, 5.74) is 8.86. The van der Waals surface area contributed by atoms with Gasteiger partial charge in [-0.15, -0.1) is 11.8 Å². The smallest absolute Gasteiger partial charge is 0.0372 e. The fraction of sp³-hybridized carbons (Fsp3) is 0.267. The summed E-state index contributed by atoms with van der Waals surface area (Å²) < 4.78 is 0. The van der Waals surface area contributed by atoms with Gasteiger partial charge in [0.1, 0.15) is 0 Å². The molecule has 1 aromatic carbocycles. The molecule has 0 aliphatic rings. The maximum Gasteiger partial charge on any atom is 0.0372 e. The first-order valence-corrected chi connectivity index (χ1v) is 7.25. The molecule has 0 spiro atoms. The Labute approximate surface area is 113 Å². The van der Waals surface area contributed by atoms with E-state index in [-0.39, 0.29) is 12.0 Å². The van der Waals surface area contributed by atoms with Crippen LogP contribution in [-0.4, -0.2) is 11.2 Å². The lowest BCUT2D eigenvalue weighted by atomic mass is 9.90. The van der Waals surface area contributed by atoms with E-state index in [1.165, 1.54) is 16.0 Å². The highest BCUT2D eigenvalue weighted by Gasteiger charge is 2.18. The summed E-state index contributed by atoms with van der Waals surface area (Å²) in [4.78, 5) is 5.30. The van der Waals surface area contributed by atoms with Crippen molar-refractivity contribution >= 4 is 11.8 Å². The van der Waals surface area contributed by atoms with E-state index in [0.29, 0.717) is 0 Å². The summed E-state index contributed by atoms with van der Waals surface area (Å²) >= 11 is 1.74. The highest BCUT2D eigenvalue weighted by molar-refractivity contribution is 7.98. The van der Waals surface area contributed by atoms with Gasteiger partial charge in [0.05, 0.1) is 0 Å². The van der Waals surface area contributed by atoms with Crippen molar-refractivity contribution in [3.8, 4) is 0 Å². The highest BCUT2D eigenvalue weighted by atomic mass is 32.2. The molecular weight excluding hydrogens is 240 g/mol. The van der Waals surface area contributed by atoms with Crippen molar-refractivity contribution in [3.05, 3.63) is 59.9 Å².